The standard InChI is InChI=1S/C23H26N2O3/c1-16-15-18-5-3-4-6-20(18)25(16)22(27)23(12-13-23)21(26)24-14-11-17-7-9-19(28-2)10-8-17/h3-10,16H,11-15H2,1-2H3,(H,24,26). The van der Waals surface area contributed by atoms with E-state index < -0.39 is 5.41 Å². The summed E-state index contributed by atoms with van der Waals surface area (Å²) in [5.41, 5.74) is 2.38. The van der Waals surface area contributed by atoms with Crippen LogP contribution >= 0.6 is 0 Å². The summed E-state index contributed by atoms with van der Waals surface area (Å²) in [7, 11) is 1.64. The third-order valence-corrected chi connectivity index (χ3v) is 5.88. The highest BCUT2D eigenvalue weighted by atomic mass is 16.5. The fourth-order valence-electron chi connectivity index (χ4n) is 4.05. The van der Waals surface area contributed by atoms with Crippen molar-refractivity contribution in [1.29, 1.82) is 0 Å². The summed E-state index contributed by atoms with van der Waals surface area (Å²) in [6.45, 7) is 2.57. The molecule has 2 amide bonds. The van der Waals surface area contributed by atoms with Crippen molar-refractivity contribution in [2.45, 2.75) is 38.6 Å². The van der Waals surface area contributed by atoms with E-state index in [2.05, 4.69) is 18.3 Å². The lowest BCUT2D eigenvalue weighted by Crippen LogP contribution is -2.47. The van der Waals surface area contributed by atoms with Gasteiger partial charge in [0.2, 0.25) is 11.8 Å². The number of ether oxygens (including phenoxy) is 1. The molecule has 0 spiro atoms. The number of nitrogens with one attached hydrogen (secondary N) is 1. The molecular formula is C23H26N2O3. The third-order valence-electron chi connectivity index (χ3n) is 5.88. The zero-order chi connectivity index (χ0) is 19.7. The molecule has 1 fully saturated rings. The zero-order valence-corrected chi connectivity index (χ0v) is 16.4. The topological polar surface area (TPSA) is 58.6 Å². The average molecular weight is 378 g/mol. The molecule has 1 N–H and O–H groups in total. The monoisotopic (exact) mass is 378 g/mol. The van der Waals surface area contributed by atoms with Crippen molar-refractivity contribution in [3.8, 4) is 5.75 Å². The summed E-state index contributed by atoms with van der Waals surface area (Å²) in [5, 5.41) is 2.99. The highest BCUT2D eigenvalue weighted by Crippen LogP contribution is 2.49. The Morgan fingerprint density at radius 1 is 1.14 bits per heavy atom. The number of para-hydroxylation sites is 1. The lowest BCUT2D eigenvalue weighted by molar-refractivity contribution is -0.135. The van der Waals surface area contributed by atoms with Crippen LogP contribution in [0.2, 0.25) is 0 Å². The van der Waals surface area contributed by atoms with Crippen molar-refractivity contribution in [3.63, 3.8) is 0 Å². The van der Waals surface area contributed by atoms with Crippen molar-refractivity contribution in [1.82, 2.24) is 5.32 Å². The maximum absolute atomic E-state index is 13.3. The van der Waals surface area contributed by atoms with Crippen LogP contribution in [0.5, 0.6) is 5.75 Å². The van der Waals surface area contributed by atoms with Gasteiger partial charge in [0.05, 0.1) is 7.11 Å². The molecule has 28 heavy (non-hydrogen) atoms. The van der Waals surface area contributed by atoms with Crippen molar-refractivity contribution in [3.05, 3.63) is 59.7 Å². The predicted molar refractivity (Wildman–Crippen MR) is 108 cm³/mol. The van der Waals surface area contributed by atoms with E-state index in [0.717, 1.165) is 29.8 Å². The van der Waals surface area contributed by atoms with Gasteiger partial charge in [-0.05, 0) is 61.9 Å². The molecule has 2 aromatic carbocycles. The second kappa shape index (κ2) is 7.30. The molecule has 5 heteroatoms. The van der Waals surface area contributed by atoms with Gasteiger partial charge in [0, 0.05) is 18.3 Å². The van der Waals surface area contributed by atoms with Gasteiger partial charge in [-0.2, -0.15) is 0 Å². The first kappa shape index (κ1) is 18.5. The molecule has 0 radical (unpaired) electrons. The summed E-state index contributed by atoms with van der Waals surface area (Å²) in [5.74, 6) is 0.629. The number of anilines is 1. The van der Waals surface area contributed by atoms with Gasteiger partial charge in [0.25, 0.3) is 0 Å². The number of hydrogen-bond acceptors (Lipinski definition) is 3. The third kappa shape index (κ3) is 3.26. The first-order valence-electron chi connectivity index (χ1n) is 9.88. The summed E-state index contributed by atoms with van der Waals surface area (Å²) in [6, 6.07) is 15.9. The second-order valence-corrected chi connectivity index (χ2v) is 7.79. The number of benzene rings is 2. The largest absolute Gasteiger partial charge is 0.497 e. The molecule has 146 valence electrons. The molecule has 1 unspecified atom stereocenters. The Morgan fingerprint density at radius 2 is 1.86 bits per heavy atom. The maximum atomic E-state index is 13.3. The number of carbonyl (C=O) groups is 2. The van der Waals surface area contributed by atoms with Crippen LogP contribution in [0, 0.1) is 5.41 Å². The Balaban J connectivity index is 1.39. The SMILES string of the molecule is COc1ccc(CCNC(=O)C2(C(=O)N3c4ccccc4CC3C)CC2)cc1. The van der Waals surface area contributed by atoms with Gasteiger partial charge in [0.15, 0.2) is 0 Å². The number of carbonyl (C=O) groups excluding carboxylic acids is 2. The highest BCUT2D eigenvalue weighted by molar-refractivity contribution is 6.15. The molecule has 1 heterocycles. The number of fused-ring (bicyclic) bond motifs is 1. The molecule has 1 aliphatic carbocycles. The summed E-state index contributed by atoms with van der Waals surface area (Å²) >= 11 is 0. The number of methoxy groups -OCH3 is 1. The van der Waals surface area contributed by atoms with Crippen LogP contribution in [0.4, 0.5) is 5.69 Å². The van der Waals surface area contributed by atoms with E-state index in [1.165, 1.54) is 5.56 Å². The van der Waals surface area contributed by atoms with Crippen LogP contribution in [-0.2, 0) is 22.4 Å². The summed E-state index contributed by atoms with van der Waals surface area (Å²) in [4.78, 5) is 28.0. The van der Waals surface area contributed by atoms with E-state index in [9.17, 15) is 9.59 Å². The van der Waals surface area contributed by atoms with Crippen molar-refractivity contribution < 1.29 is 14.3 Å². The zero-order valence-electron chi connectivity index (χ0n) is 16.4. The lowest BCUT2D eigenvalue weighted by atomic mass is 10.0. The van der Waals surface area contributed by atoms with E-state index in [1.54, 1.807) is 7.11 Å². The highest BCUT2D eigenvalue weighted by Gasteiger charge is 2.59. The van der Waals surface area contributed by atoms with Gasteiger partial charge in [0.1, 0.15) is 11.2 Å². The predicted octanol–water partition coefficient (Wildman–Crippen LogP) is 3.11. The van der Waals surface area contributed by atoms with Gasteiger partial charge in [-0.3, -0.25) is 9.59 Å². The van der Waals surface area contributed by atoms with Gasteiger partial charge >= 0.3 is 0 Å². The number of nitrogens with zero attached hydrogens (tertiary/aromatic N) is 1. The minimum Gasteiger partial charge on any atom is -0.497 e. The first-order valence-corrected chi connectivity index (χ1v) is 9.88. The van der Waals surface area contributed by atoms with E-state index in [1.807, 2.05) is 47.4 Å². The molecular weight excluding hydrogens is 352 g/mol. The fourth-order valence-corrected chi connectivity index (χ4v) is 4.05. The molecule has 1 saturated carbocycles. The van der Waals surface area contributed by atoms with E-state index in [4.69, 9.17) is 4.74 Å². The van der Waals surface area contributed by atoms with Crippen LogP contribution < -0.4 is 15.0 Å². The van der Waals surface area contributed by atoms with Crippen molar-refractivity contribution in [2.75, 3.05) is 18.6 Å². The molecule has 1 aliphatic heterocycles. The second-order valence-electron chi connectivity index (χ2n) is 7.79. The lowest BCUT2D eigenvalue weighted by Gasteiger charge is -2.27. The number of rotatable bonds is 6. The Kier molecular flexibility index (Phi) is 4.84. The van der Waals surface area contributed by atoms with Crippen LogP contribution in [0.1, 0.15) is 30.9 Å². The number of amides is 2. The summed E-state index contributed by atoms with van der Waals surface area (Å²) < 4.78 is 5.16. The van der Waals surface area contributed by atoms with Crippen LogP contribution in [-0.4, -0.2) is 31.5 Å². The minimum atomic E-state index is -0.883. The van der Waals surface area contributed by atoms with Crippen molar-refractivity contribution >= 4 is 17.5 Å². The van der Waals surface area contributed by atoms with E-state index in [-0.39, 0.29) is 17.9 Å². The van der Waals surface area contributed by atoms with Crippen LogP contribution in [0.25, 0.3) is 0 Å². The van der Waals surface area contributed by atoms with Gasteiger partial charge in [-0.1, -0.05) is 30.3 Å². The van der Waals surface area contributed by atoms with E-state index >= 15 is 0 Å². The molecule has 4 rings (SSSR count). The molecule has 5 nitrogen and oxygen atoms in total. The Bertz CT molecular complexity index is 887. The molecule has 2 aromatic rings. The summed E-state index contributed by atoms with van der Waals surface area (Å²) in [6.07, 6.45) is 2.83. The van der Waals surface area contributed by atoms with Crippen LogP contribution in [0.3, 0.4) is 0 Å². The van der Waals surface area contributed by atoms with E-state index in [0.29, 0.717) is 19.4 Å². The quantitative estimate of drug-likeness (QED) is 0.786. The Morgan fingerprint density at radius 3 is 2.54 bits per heavy atom. The number of hydrogen-bond donors (Lipinski definition) is 1. The normalized spacial score (nSPS) is 19.1. The minimum absolute atomic E-state index is 0.0492. The average Bonchev–Trinajstić information content (AvgIpc) is 3.45. The molecule has 1 atom stereocenters. The Labute approximate surface area is 165 Å². The molecule has 2 aliphatic rings. The van der Waals surface area contributed by atoms with Crippen molar-refractivity contribution in [2.24, 2.45) is 5.41 Å². The van der Waals surface area contributed by atoms with Gasteiger partial charge < -0.3 is 15.0 Å². The molecule has 0 aromatic heterocycles. The molecule has 0 bridgehead atoms. The first-order chi connectivity index (χ1) is 13.5. The smallest absolute Gasteiger partial charge is 0.242 e. The Hall–Kier alpha value is -2.82. The van der Waals surface area contributed by atoms with Gasteiger partial charge in [-0.25, -0.2) is 0 Å². The van der Waals surface area contributed by atoms with Crippen LogP contribution in [0.15, 0.2) is 48.5 Å². The maximum Gasteiger partial charge on any atom is 0.242 e. The van der Waals surface area contributed by atoms with Gasteiger partial charge in [-0.15, -0.1) is 0 Å². The fraction of sp³-hybridized carbons (Fsp3) is 0.391. The molecule has 0 saturated heterocycles.